The van der Waals surface area contributed by atoms with E-state index in [0.29, 0.717) is 0 Å². The number of halogens is 6. The summed E-state index contributed by atoms with van der Waals surface area (Å²) in [5.41, 5.74) is 0. The quantitative estimate of drug-likeness (QED) is 0.473. The normalized spacial score (nSPS) is 99.5. The molecule has 1 rings (SSSR count). The minimum Gasteiger partial charge on any atom is -0.120 e. The van der Waals surface area contributed by atoms with Crippen LogP contribution in [0.4, 0.5) is 0 Å². The van der Waals surface area contributed by atoms with Gasteiger partial charge in [-0.15, -0.1) is 69.6 Å². The van der Waals surface area contributed by atoms with E-state index in [4.69, 9.17) is 77.8 Å². The molecule has 0 aromatic carbocycles. The molecular formula is C6H6Cl6. The van der Waals surface area contributed by atoms with Crippen molar-refractivity contribution in [1.29, 1.82) is 0 Å². The largest absolute Gasteiger partial charge is 0.120 e. The Labute approximate surface area is 110 Å². The molecule has 0 spiro atoms. The Kier molecular flexibility index (Phi) is 2.15. The van der Waals surface area contributed by atoms with Crippen molar-refractivity contribution >= 4 is 69.6 Å². The molecule has 0 bridgehead atoms. The second-order valence-corrected chi connectivity index (χ2v) is 4.15. The Hall–Kier alpha value is 1.74. The fourth-order valence-electron chi connectivity index (χ4n) is 0.578. The van der Waals surface area contributed by atoms with Gasteiger partial charge in [0.15, 0.2) is 0 Å². The lowest BCUT2D eigenvalue weighted by Crippen LogP contribution is -2.52. The molecule has 0 aromatic heterocycles. The molecular weight excluding hydrogens is 291 g/mol. The highest BCUT2D eigenvalue weighted by atomic mass is 35.5. The molecule has 1 aliphatic carbocycles. The van der Waals surface area contributed by atoms with Gasteiger partial charge in [-0.1, -0.05) is 0 Å². The Morgan fingerprint density at radius 2 is 0.583 bits per heavy atom. The van der Waals surface area contributed by atoms with E-state index in [1.807, 2.05) is 0 Å². The van der Waals surface area contributed by atoms with E-state index in [-0.39, 0.29) is 0 Å². The summed E-state index contributed by atoms with van der Waals surface area (Å²) in [4.78, 5) is 0. The molecule has 0 aromatic rings. The molecule has 0 radical (unpaired) electrons. The van der Waals surface area contributed by atoms with Gasteiger partial charge in [0.1, 0.15) is 0 Å². The maximum atomic E-state index is 7.70. The van der Waals surface area contributed by atoms with Gasteiger partial charge in [-0.2, -0.15) is 0 Å². The van der Waals surface area contributed by atoms with Crippen LogP contribution in [0.2, 0.25) is 0 Å². The van der Waals surface area contributed by atoms with Crippen LogP contribution in [0.3, 0.4) is 0 Å². The number of hydrogen-bond donors (Lipinski definition) is 0. The third kappa shape index (κ3) is 2.04. The molecule has 0 atom stereocenters. The molecule has 0 heterocycles. The molecule has 0 saturated heterocycles. The Bertz CT molecular complexity index is 260. The molecule has 1 fully saturated rings. The zero-order chi connectivity index (χ0) is 15.0. The SMILES string of the molecule is [2H][13C]1(Cl)[13C]([2H])(Cl)[13C]([2H])(Cl)[13C]([2H])(Cl)[13C]([2H])(Cl)[13C]1([2H])Cl. The van der Waals surface area contributed by atoms with E-state index >= 15 is 0 Å². The lowest BCUT2D eigenvalue weighted by molar-refractivity contribution is 0.544. The first-order valence-corrected chi connectivity index (χ1v) is 4.90. The Balaban J connectivity index is 3.72. The highest BCUT2D eigenvalue weighted by Gasteiger charge is 2.46. The average molecular weight is 303 g/mol. The topological polar surface area (TPSA) is 0 Å². The molecule has 0 aliphatic heterocycles. The van der Waals surface area contributed by atoms with Crippen LogP contribution < -0.4 is 0 Å². The van der Waals surface area contributed by atoms with Crippen LogP contribution >= 0.6 is 69.6 Å². The van der Waals surface area contributed by atoms with Gasteiger partial charge in [-0.3, -0.25) is 0 Å². The first kappa shape index (κ1) is 5.72. The van der Waals surface area contributed by atoms with Gasteiger partial charge in [0, 0.05) is 0 Å². The van der Waals surface area contributed by atoms with E-state index in [1.54, 1.807) is 0 Å². The zero-order valence-electron chi connectivity index (χ0n) is 11.3. The number of rotatable bonds is 0. The summed E-state index contributed by atoms with van der Waals surface area (Å²) in [6, 6.07) is 0. The van der Waals surface area contributed by atoms with E-state index in [0.717, 1.165) is 0 Å². The fraction of sp³-hybridized carbons (Fsp3) is 1.00. The van der Waals surface area contributed by atoms with Crippen LogP contribution in [-0.2, 0) is 0 Å². The zero-order valence-corrected chi connectivity index (χ0v) is 9.80. The average Bonchev–Trinajstić information content (AvgIpc) is 2.14. The predicted molar refractivity (Wildman–Crippen MR) is 57.8 cm³/mol. The van der Waals surface area contributed by atoms with Crippen LogP contribution in [0, 0.1) is 0 Å². The van der Waals surface area contributed by atoms with Gasteiger partial charge in [0.05, 0.1) is 40.3 Å². The van der Waals surface area contributed by atoms with E-state index < -0.39 is 32.1 Å². The monoisotopic (exact) mass is 300 g/mol. The maximum Gasteiger partial charge on any atom is 0.0693 e. The highest BCUT2D eigenvalue weighted by Crippen LogP contribution is 2.39. The van der Waals surface area contributed by atoms with Crippen molar-refractivity contribution in [3.05, 3.63) is 0 Å². The van der Waals surface area contributed by atoms with E-state index in [1.165, 1.54) is 0 Å². The van der Waals surface area contributed by atoms with Gasteiger partial charge in [0.25, 0.3) is 0 Å². The predicted octanol–water partition coefficient (Wildman–Crippen LogP) is 3.64. The number of hydrogen-bond acceptors (Lipinski definition) is 0. The second-order valence-electron chi connectivity index (χ2n) is 1.88. The molecule has 0 N–H and O–H groups in total. The minimum absolute atomic E-state index is 2.96. The summed E-state index contributed by atoms with van der Waals surface area (Å²) in [6.07, 6.45) is 0. The van der Waals surface area contributed by atoms with Crippen LogP contribution in [0.25, 0.3) is 0 Å². The maximum absolute atomic E-state index is 7.70. The summed E-state index contributed by atoms with van der Waals surface area (Å²) in [5, 5.41) is -17.8. The smallest absolute Gasteiger partial charge is 0.0693 e. The Morgan fingerprint density at radius 1 is 0.500 bits per heavy atom. The van der Waals surface area contributed by atoms with Crippen LogP contribution in [0.5, 0.6) is 0 Å². The standard InChI is InChI=1S/C6H6Cl6/c7-1-2(8)4(10)6(12)5(11)3(1)9/h1-6H/i1+1D,2+1D,3+1D,4+1D,5+1D,6+1D. The van der Waals surface area contributed by atoms with E-state index in [9.17, 15) is 0 Å². The third-order valence-corrected chi connectivity index (χ3v) is 4.00. The Morgan fingerprint density at radius 3 is 0.667 bits per heavy atom. The van der Waals surface area contributed by atoms with Crippen molar-refractivity contribution < 1.29 is 8.22 Å². The van der Waals surface area contributed by atoms with Crippen LogP contribution in [-0.4, -0.2) is 32.1 Å². The third-order valence-electron chi connectivity index (χ3n) is 1.16. The van der Waals surface area contributed by atoms with Gasteiger partial charge >= 0.3 is 0 Å². The van der Waals surface area contributed by atoms with Gasteiger partial charge in [0.2, 0.25) is 0 Å². The summed E-state index contributed by atoms with van der Waals surface area (Å²) in [7, 11) is 0. The van der Waals surface area contributed by atoms with Crippen molar-refractivity contribution in [1.82, 2.24) is 0 Å². The van der Waals surface area contributed by atoms with Crippen molar-refractivity contribution in [2.75, 3.05) is 0 Å². The lowest BCUT2D eigenvalue weighted by atomic mass is 11.0. The highest BCUT2D eigenvalue weighted by molar-refractivity contribution is 6.45. The van der Waals surface area contributed by atoms with Crippen molar-refractivity contribution in [2.24, 2.45) is 0 Å². The molecule has 6 heteroatoms. The molecule has 12 heavy (non-hydrogen) atoms. The van der Waals surface area contributed by atoms with Crippen LogP contribution in [0.15, 0.2) is 0 Å². The van der Waals surface area contributed by atoms with Gasteiger partial charge in [-0.25, -0.2) is 0 Å². The molecule has 0 unspecified atom stereocenters. The van der Waals surface area contributed by atoms with Crippen molar-refractivity contribution in [3.63, 3.8) is 0 Å². The van der Waals surface area contributed by atoms with E-state index in [2.05, 4.69) is 0 Å². The summed E-state index contributed by atoms with van der Waals surface area (Å²) >= 11 is 33.8. The summed E-state index contributed by atoms with van der Waals surface area (Å²) < 4.78 is 46.2. The minimum atomic E-state index is -2.96. The van der Waals surface area contributed by atoms with Gasteiger partial charge in [-0.05, 0) is 0 Å². The lowest BCUT2D eigenvalue weighted by Gasteiger charge is -2.37. The molecule has 0 nitrogen and oxygen atoms in total. The van der Waals surface area contributed by atoms with Crippen molar-refractivity contribution in [2.45, 2.75) is 32.1 Å². The molecule has 72 valence electrons. The van der Waals surface area contributed by atoms with Crippen LogP contribution in [0.1, 0.15) is 8.22 Å². The summed E-state index contributed by atoms with van der Waals surface area (Å²) in [6.45, 7) is 0. The van der Waals surface area contributed by atoms with Gasteiger partial charge < -0.3 is 0 Å². The molecule has 1 saturated carbocycles. The molecule has 1 aliphatic rings. The number of alkyl halides is 6. The van der Waals surface area contributed by atoms with Crippen molar-refractivity contribution in [3.8, 4) is 0 Å². The second kappa shape index (κ2) is 4.51. The first-order valence-electron chi connectivity index (χ1n) is 5.63. The summed E-state index contributed by atoms with van der Waals surface area (Å²) in [5.74, 6) is 0. The molecule has 0 amide bonds. The first-order chi connectivity index (χ1) is 7.50. The fourth-order valence-corrected chi connectivity index (χ4v) is 2.00.